The molecule has 1 atom stereocenters. The van der Waals surface area contributed by atoms with Crippen LogP contribution >= 0.6 is 28.3 Å². The van der Waals surface area contributed by atoms with Gasteiger partial charge in [-0.1, -0.05) is 28.1 Å². The van der Waals surface area contributed by atoms with Crippen LogP contribution in [0.2, 0.25) is 0 Å². The van der Waals surface area contributed by atoms with Gasteiger partial charge in [0.1, 0.15) is 0 Å². The van der Waals surface area contributed by atoms with Crippen LogP contribution in [0.25, 0.3) is 0 Å². The summed E-state index contributed by atoms with van der Waals surface area (Å²) in [7, 11) is 0. The molecule has 1 aromatic carbocycles. The van der Waals surface area contributed by atoms with Crippen LogP contribution in [0.4, 0.5) is 0 Å². The topological polar surface area (TPSA) is 21.3 Å². The van der Waals surface area contributed by atoms with E-state index in [-0.39, 0.29) is 12.4 Å². The average molecular weight is 335 g/mol. The van der Waals surface area contributed by atoms with Gasteiger partial charge in [-0.05, 0) is 56.0 Å². The zero-order valence-corrected chi connectivity index (χ0v) is 12.9. The molecule has 1 saturated heterocycles. The van der Waals surface area contributed by atoms with Crippen molar-refractivity contribution >= 4 is 28.3 Å². The van der Waals surface area contributed by atoms with E-state index in [4.69, 9.17) is 4.74 Å². The standard InChI is InChI=1S/C14H20BrNO.ClH/c15-14-5-3-13(4-6-14)11-17-9-7-12-2-1-8-16-10-12;/h3-6,12,16H,1-2,7-11H2;1H. The largest absolute Gasteiger partial charge is 0.377 e. The molecule has 18 heavy (non-hydrogen) atoms. The van der Waals surface area contributed by atoms with Gasteiger partial charge in [-0.2, -0.15) is 0 Å². The Morgan fingerprint density at radius 3 is 2.72 bits per heavy atom. The summed E-state index contributed by atoms with van der Waals surface area (Å²) in [5, 5.41) is 3.44. The highest BCUT2D eigenvalue weighted by atomic mass is 79.9. The molecule has 0 radical (unpaired) electrons. The van der Waals surface area contributed by atoms with E-state index in [0.29, 0.717) is 0 Å². The number of ether oxygens (including phenoxy) is 1. The van der Waals surface area contributed by atoms with Crippen LogP contribution in [-0.2, 0) is 11.3 Å². The van der Waals surface area contributed by atoms with Gasteiger partial charge in [-0.15, -0.1) is 12.4 Å². The zero-order valence-electron chi connectivity index (χ0n) is 10.5. The van der Waals surface area contributed by atoms with E-state index < -0.39 is 0 Å². The molecule has 1 heterocycles. The number of hydrogen-bond donors (Lipinski definition) is 1. The van der Waals surface area contributed by atoms with Gasteiger partial charge in [0.15, 0.2) is 0 Å². The number of halogens is 2. The predicted octanol–water partition coefficient (Wildman–Crippen LogP) is 3.78. The highest BCUT2D eigenvalue weighted by Gasteiger charge is 2.12. The van der Waals surface area contributed by atoms with Crippen molar-refractivity contribution in [3.8, 4) is 0 Å². The molecule has 1 fully saturated rings. The lowest BCUT2D eigenvalue weighted by Crippen LogP contribution is -2.30. The maximum atomic E-state index is 5.72. The Hall–Kier alpha value is -0.0900. The summed E-state index contributed by atoms with van der Waals surface area (Å²) in [5.41, 5.74) is 1.25. The third-order valence-electron chi connectivity index (χ3n) is 3.25. The molecule has 0 amide bonds. The van der Waals surface area contributed by atoms with Crippen molar-refractivity contribution in [2.75, 3.05) is 19.7 Å². The van der Waals surface area contributed by atoms with Crippen molar-refractivity contribution in [2.45, 2.75) is 25.9 Å². The number of nitrogens with one attached hydrogen (secondary N) is 1. The molecule has 1 aliphatic rings. The van der Waals surface area contributed by atoms with E-state index in [9.17, 15) is 0 Å². The second-order valence-electron chi connectivity index (χ2n) is 4.68. The lowest BCUT2D eigenvalue weighted by atomic mass is 9.97. The molecule has 2 rings (SSSR count). The summed E-state index contributed by atoms with van der Waals surface area (Å²) in [6.07, 6.45) is 3.86. The molecule has 1 aliphatic heterocycles. The quantitative estimate of drug-likeness (QED) is 0.828. The van der Waals surface area contributed by atoms with E-state index in [1.807, 2.05) is 0 Å². The second kappa shape index (κ2) is 8.92. The minimum absolute atomic E-state index is 0. The minimum Gasteiger partial charge on any atom is -0.377 e. The molecule has 2 nitrogen and oxygen atoms in total. The fraction of sp³-hybridized carbons (Fsp3) is 0.571. The molecule has 0 bridgehead atoms. The SMILES string of the molecule is Brc1ccc(COCCC2CCCNC2)cc1.Cl. The maximum absolute atomic E-state index is 5.72. The van der Waals surface area contributed by atoms with Crippen LogP contribution in [0, 0.1) is 5.92 Å². The molecular weight excluding hydrogens is 314 g/mol. The highest BCUT2D eigenvalue weighted by molar-refractivity contribution is 9.10. The van der Waals surface area contributed by atoms with Crippen molar-refractivity contribution in [2.24, 2.45) is 5.92 Å². The number of hydrogen-bond acceptors (Lipinski definition) is 2. The van der Waals surface area contributed by atoms with Gasteiger partial charge in [0.25, 0.3) is 0 Å². The Bertz CT molecular complexity index is 325. The summed E-state index contributed by atoms with van der Waals surface area (Å²) in [6, 6.07) is 8.33. The highest BCUT2D eigenvalue weighted by Crippen LogP contribution is 2.15. The molecule has 1 unspecified atom stereocenters. The molecule has 1 aromatic rings. The van der Waals surface area contributed by atoms with Crippen LogP contribution in [0.15, 0.2) is 28.7 Å². The van der Waals surface area contributed by atoms with Crippen LogP contribution < -0.4 is 5.32 Å². The summed E-state index contributed by atoms with van der Waals surface area (Å²) < 4.78 is 6.84. The maximum Gasteiger partial charge on any atom is 0.0716 e. The average Bonchev–Trinajstić information content (AvgIpc) is 2.38. The Morgan fingerprint density at radius 1 is 1.28 bits per heavy atom. The number of rotatable bonds is 5. The van der Waals surface area contributed by atoms with Gasteiger partial charge in [0, 0.05) is 11.1 Å². The van der Waals surface area contributed by atoms with E-state index in [2.05, 4.69) is 45.5 Å². The fourth-order valence-electron chi connectivity index (χ4n) is 2.19. The fourth-order valence-corrected chi connectivity index (χ4v) is 2.46. The molecule has 0 aliphatic carbocycles. The summed E-state index contributed by atoms with van der Waals surface area (Å²) >= 11 is 3.43. The minimum atomic E-state index is 0. The lowest BCUT2D eigenvalue weighted by molar-refractivity contribution is 0.103. The molecule has 0 saturated carbocycles. The van der Waals surface area contributed by atoms with E-state index in [0.717, 1.165) is 23.6 Å². The van der Waals surface area contributed by atoms with Crippen LogP contribution in [0.3, 0.4) is 0 Å². The first kappa shape index (κ1) is 16.0. The van der Waals surface area contributed by atoms with Crippen molar-refractivity contribution in [1.82, 2.24) is 5.32 Å². The predicted molar refractivity (Wildman–Crippen MR) is 81.3 cm³/mol. The van der Waals surface area contributed by atoms with Crippen LogP contribution in [0.5, 0.6) is 0 Å². The van der Waals surface area contributed by atoms with Gasteiger partial charge >= 0.3 is 0 Å². The smallest absolute Gasteiger partial charge is 0.0716 e. The first-order valence-electron chi connectivity index (χ1n) is 6.37. The number of piperidine rings is 1. The van der Waals surface area contributed by atoms with Crippen molar-refractivity contribution < 1.29 is 4.74 Å². The van der Waals surface area contributed by atoms with E-state index >= 15 is 0 Å². The second-order valence-corrected chi connectivity index (χ2v) is 5.60. The third-order valence-corrected chi connectivity index (χ3v) is 3.78. The van der Waals surface area contributed by atoms with E-state index in [1.54, 1.807) is 0 Å². The first-order valence-corrected chi connectivity index (χ1v) is 7.17. The van der Waals surface area contributed by atoms with Gasteiger partial charge < -0.3 is 10.1 Å². The van der Waals surface area contributed by atoms with Gasteiger partial charge in [-0.25, -0.2) is 0 Å². The monoisotopic (exact) mass is 333 g/mol. The van der Waals surface area contributed by atoms with Crippen molar-refractivity contribution in [3.63, 3.8) is 0 Å². The van der Waals surface area contributed by atoms with Crippen molar-refractivity contribution in [1.29, 1.82) is 0 Å². The normalized spacial score (nSPS) is 19.3. The Balaban J connectivity index is 0.00000162. The van der Waals surface area contributed by atoms with Gasteiger partial charge in [-0.3, -0.25) is 0 Å². The molecule has 4 heteroatoms. The Labute approximate surface area is 124 Å². The molecule has 1 N–H and O–H groups in total. The van der Waals surface area contributed by atoms with Gasteiger partial charge in [0.05, 0.1) is 6.61 Å². The van der Waals surface area contributed by atoms with Crippen molar-refractivity contribution in [3.05, 3.63) is 34.3 Å². The van der Waals surface area contributed by atoms with Gasteiger partial charge in [0.2, 0.25) is 0 Å². The van der Waals surface area contributed by atoms with E-state index in [1.165, 1.54) is 37.9 Å². The zero-order chi connectivity index (χ0) is 11.9. The third kappa shape index (κ3) is 5.70. The lowest BCUT2D eigenvalue weighted by Gasteiger charge is -2.22. The summed E-state index contributed by atoms with van der Waals surface area (Å²) in [4.78, 5) is 0. The Kier molecular flexibility index (Phi) is 7.91. The van der Waals surface area contributed by atoms with Crippen LogP contribution in [-0.4, -0.2) is 19.7 Å². The molecule has 102 valence electrons. The Morgan fingerprint density at radius 2 is 2.06 bits per heavy atom. The van der Waals surface area contributed by atoms with Crippen LogP contribution in [0.1, 0.15) is 24.8 Å². The molecule has 0 aromatic heterocycles. The molecular formula is C14H21BrClNO. The first-order chi connectivity index (χ1) is 8.34. The molecule has 0 spiro atoms. The summed E-state index contributed by atoms with van der Waals surface area (Å²) in [6.45, 7) is 3.97. The number of benzene rings is 1. The summed E-state index contributed by atoms with van der Waals surface area (Å²) in [5.74, 6) is 0.814.